The van der Waals surface area contributed by atoms with Crippen LogP contribution in [0.5, 0.6) is 0 Å². The molecule has 2 rings (SSSR count). The highest BCUT2D eigenvalue weighted by atomic mass is 35.5. The fourth-order valence-electron chi connectivity index (χ4n) is 2.16. The summed E-state index contributed by atoms with van der Waals surface area (Å²) < 4.78 is 0. The van der Waals surface area contributed by atoms with Crippen LogP contribution in [0, 0.1) is 0 Å². The quantitative estimate of drug-likeness (QED) is 0.848. The summed E-state index contributed by atoms with van der Waals surface area (Å²) in [5, 5.41) is 3.52. The molecule has 1 aromatic heterocycles. The first-order chi connectivity index (χ1) is 9.61. The Hall–Kier alpha value is -0.940. The molecule has 1 fully saturated rings. The molecule has 1 aliphatic heterocycles. The van der Waals surface area contributed by atoms with Gasteiger partial charge in [0.2, 0.25) is 0 Å². The van der Waals surface area contributed by atoms with Gasteiger partial charge in [0.05, 0.1) is 0 Å². The molecule has 20 heavy (non-hydrogen) atoms. The maximum absolute atomic E-state index is 12.5. The second-order valence-corrected chi connectivity index (χ2v) is 6.46. The van der Waals surface area contributed by atoms with Crippen LogP contribution in [0.15, 0.2) is 12.1 Å². The van der Waals surface area contributed by atoms with Crippen LogP contribution < -0.4 is 5.32 Å². The Morgan fingerprint density at radius 3 is 3.05 bits per heavy atom. The third-order valence-electron chi connectivity index (χ3n) is 3.37. The maximum atomic E-state index is 12.5. The summed E-state index contributed by atoms with van der Waals surface area (Å²) in [6.07, 6.45) is 2.06. The predicted octanol–water partition coefficient (Wildman–Crippen LogP) is 3.13. The van der Waals surface area contributed by atoms with Crippen molar-refractivity contribution in [2.75, 3.05) is 30.4 Å². The molecule has 1 aliphatic rings. The summed E-state index contributed by atoms with van der Waals surface area (Å²) in [6.45, 7) is 2.89. The lowest BCUT2D eigenvalue weighted by Gasteiger charge is -2.24. The van der Waals surface area contributed by atoms with Crippen molar-refractivity contribution in [2.24, 2.45) is 0 Å². The SMILES string of the molecule is CCCNc1cc(C(=O)N(C)C2CCSC2)cc(Cl)n1. The van der Waals surface area contributed by atoms with Crippen molar-refractivity contribution in [3.8, 4) is 0 Å². The molecule has 110 valence electrons. The van der Waals surface area contributed by atoms with E-state index in [2.05, 4.69) is 17.2 Å². The number of carbonyl (C=O) groups is 1. The van der Waals surface area contributed by atoms with Gasteiger partial charge < -0.3 is 10.2 Å². The third kappa shape index (κ3) is 3.79. The van der Waals surface area contributed by atoms with E-state index in [4.69, 9.17) is 11.6 Å². The van der Waals surface area contributed by atoms with E-state index in [1.165, 1.54) is 0 Å². The number of aromatic nitrogens is 1. The second-order valence-electron chi connectivity index (χ2n) is 4.92. The molecule has 0 saturated carbocycles. The van der Waals surface area contributed by atoms with Crippen molar-refractivity contribution in [3.63, 3.8) is 0 Å². The normalized spacial score (nSPS) is 18.1. The summed E-state index contributed by atoms with van der Waals surface area (Å²) in [6, 6.07) is 3.74. The Bertz CT molecular complexity index is 477. The molecule has 0 spiro atoms. The standard InChI is InChI=1S/C14H20ClN3OS/c1-3-5-16-13-8-10(7-12(15)17-13)14(19)18(2)11-4-6-20-9-11/h7-8,11H,3-6,9H2,1-2H3,(H,16,17). The van der Waals surface area contributed by atoms with Crippen molar-refractivity contribution < 1.29 is 4.79 Å². The van der Waals surface area contributed by atoms with Gasteiger partial charge in [0.1, 0.15) is 11.0 Å². The number of thioether (sulfide) groups is 1. The van der Waals surface area contributed by atoms with Gasteiger partial charge >= 0.3 is 0 Å². The van der Waals surface area contributed by atoms with E-state index in [1.54, 1.807) is 12.1 Å². The van der Waals surface area contributed by atoms with Gasteiger partial charge in [-0.25, -0.2) is 4.98 Å². The van der Waals surface area contributed by atoms with Gasteiger partial charge in [-0.05, 0) is 30.7 Å². The van der Waals surface area contributed by atoms with Crippen LogP contribution in [0.2, 0.25) is 5.15 Å². The van der Waals surface area contributed by atoms with Gasteiger partial charge in [-0.3, -0.25) is 4.79 Å². The number of anilines is 1. The number of pyridine rings is 1. The molecule has 1 unspecified atom stereocenters. The highest BCUT2D eigenvalue weighted by molar-refractivity contribution is 7.99. The number of nitrogens with one attached hydrogen (secondary N) is 1. The average Bonchev–Trinajstić information content (AvgIpc) is 2.97. The number of hydrogen-bond donors (Lipinski definition) is 1. The zero-order valence-electron chi connectivity index (χ0n) is 11.9. The molecule has 0 aliphatic carbocycles. The van der Waals surface area contributed by atoms with E-state index < -0.39 is 0 Å². The van der Waals surface area contributed by atoms with E-state index in [-0.39, 0.29) is 5.91 Å². The van der Waals surface area contributed by atoms with Crippen LogP contribution in [-0.2, 0) is 0 Å². The number of carbonyl (C=O) groups excluding carboxylic acids is 1. The fraction of sp³-hybridized carbons (Fsp3) is 0.571. The Morgan fingerprint density at radius 1 is 1.60 bits per heavy atom. The molecule has 4 nitrogen and oxygen atoms in total. The highest BCUT2D eigenvalue weighted by Crippen LogP contribution is 2.23. The van der Waals surface area contributed by atoms with Crippen LogP contribution in [0.1, 0.15) is 30.1 Å². The second kappa shape index (κ2) is 7.18. The Labute approximate surface area is 129 Å². The fourth-order valence-corrected chi connectivity index (χ4v) is 3.64. The predicted molar refractivity (Wildman–Crippen MR) is 85.9 cm³/mol. The summed E-state index contributed by atoms with van der Waals surface area (Å²) in [5.74, 6) is 2.82. The third-order valence-corrected chi connectivity index (χ3v) is 4.71. The monoisotopic (exact) mass is 313 g/mol. The lowest BCUT2D eigenvalue weighted by Crippen LogP contribution is -2.37. The smallest absolute Gasteiger partial charge is 0.254 e. The first-order valence-electron chi connectivity index (χ1n) is 6.88. The number of rotatable bonds is 5. The van der Waals surface area contributed by atoms with Crippen molar-refractivity contribution >= 4 is 35.1 Å². The highest BCUT2D eigenvalue weighted by Gasteiger charge is 2.25. The zero-order valence-corrected chi connectivity index (χ0v) is 13.4. The Balaban J connectivity index is 2.13. The molecular formula is C14H20ClN3OS. The van der Waals surface area contributed by atoms with Crippen LogP contribution >= 0.6 is 23.4 Å². The molecule has 1 amide bonds. The Kier molecular flexibility index (Phi) is 5.54. The van der Waals surface area contributed by atoms with Crippen LogP contribution in [0.3, 0.4) is 0 Å². The van der Waals surface area contributed by atoms with Gasteiger partial charge in [-0.2, -0.15) is 11.8 Å². The minimum absolute atomic E-state index is 0.0151. The number of amides is 1. The van der Waals surface area contributed by atoms with Crippen molar-refractivity contribution in [2.45, 2.75) is 25.8 Å². The largest absolute Gasteiger partial charge is 0.370 e. The molecule has 2 heterocycles. The molecule has 1 N–H and O–H groups in total. The lowest BCUT2D eigenvalue weighted by molar-refractivity contribution is 0.0748. The average molecular weight is 314 g/mol. The first kappa shape index (κ1) is 15.4. The van der Waals surface area contributed by atoms with Crippen molar-refractivity contribution in [1.82, 2.24) is 9.88 Å². The molecule has 0 bridgehead atoms. The Morgan fingerprint density at radius 2 is 2.40 bits per heavy atom. The van der Waals surface area contributed by atoms with Crippen molar-refractivity contribution in [1.29, 1.82) is 0 Å². The van der Waals surface area contributed by atoms with E-state index in [0.717, 1.165) is 30.9 Å². The maximum Gasteiger partial charge on any atom is 0.254 e. The number of halogens is 1. The van der Waals surface area contributed by atoms with Gasteiger partial charge in [0.15, 0.2) is 0 Å². The molecule has 1 saturated heterocycles. The molecule has 0 aromatic carbocycles. The van der Waals surface area contributed by atoms with Crippen LogP contribution in [-0.4, -0.2) is 46.9 Å². The number of hydrogen-bond acceptors (Lipinski definition) is 4. The summed E-state index contributed by atoms with van der Waals surface area (Å²) >= 11 is 7.91. The van der Waals surface area contributed by atoms with Gasteiger partial charge in [-0.15, -0.1) is 0 Å². The van der Waals surface area contributed by atoms with E-state index in [0.29, 0.717) is 22.6 Å². The van der Waals surface area contributed by atoms with Gasteiger partial charge in [0.25, 0.3) is 5.91 Å². The topological polar surface area (TPSA) is 45.2 Å². The van der Waals surface area contributed by atoms with Crippen LogP contribution in [0.4, 0.5) is 5.82 Å². The minimum atomic E-state index is 0.0151. The molecular weight excluding hydrogens is 294 g/mol. The van der Waals surface area contributed by atoms with Gasteiger partial charge in [0, 0.05) is 31.0 Å². The molecule has 1 aromatic rings. The van der Waals surface area contributed by atoms with Crippen LogP contribution in [0.25, 0.3) is 0 Å². The molecule has 1 atom stereocenters. The van der Waals surface area contributed by atoms with E-state index in [1.807, 2.05) is 23.7 Å². The number of nitrogens with zero attached hydrogens (tertiary/aromatic N) is 2. The van der Waals surface area contributed by atoms with Crippen molar-refractivity contribution in [3.05, 3.63) is 22.8 Å². The van der Waals surface area contributed by atoms with E-state index >= 15 is 0 Å². The minimum Gasteiger partial charge on any atom is -0.370 e. The van der Waals surface area contributed by atoms with E-state index in [9.17, 15) is 4.79 Å². The molecule has 6 heteroatoms. The first-order valence-corrected chi connectivity index (χ1v) is 8.41. The summed E-state index contributed by atoms with van der Waals surface area (Å²) in [4.78, 5) is 18.5. The summed E-state index contributed by atoms with van der Waals surface area (Å²) in [7, 11) is 1.87. The van der Waals surface area contributed by atoms with Gasteiger partial charge in [-0.1, -0.05) is 18.5 Å². The summed E-state index contributed by atoms with van der Waals surface area (Å²) in [5.41, 5.74) is 0.600. The molecule has 0 radical (unpaired) electrons. The lowest BCUT2D eigenvalue weighted by atomic mass is 10.1. The zero-order chi connectivity index (χ0) is 14.5.